The molecule has 0 bridgehead atoms. The lowest BCUT2D eigenvalue weighted by atomic mass is 9.63. The maximum atomic E-state index is 12.9. The van der Waals surface area contributed by atoms with Gasteiger partial charge in [-0.05, 0) is 35.3 Å². The number of aromatic nitrogens is 1. The Hall–Kier alpha value is -1.38. The predicted octanol–water partition coefficient (Wildman–Crippen LogP) is 3.94. The van der Waals surface area contributed by atoms with Crippen LogP contribution in [0.4, 0.5) is 5.82 Å². The average molecular weight is 300 g/mol. The third-order valence-electron chi connectivity index (χ3n) is 5.48. The molecule has 2 heterocycles. The maximum absolute atomic E-state index is 12.9. The van der Waals surface area contributed by atoms with E-state index in [0.717, 1.165) is 25.2 Å². The van der Waals surface area contributed by atoms with Crippen LogP contribution in [-0.2, 0) is 4.79 Å². The van der Waals surface area contributed by atoms with Gasteiger partial charge in [-0.3, -0.25) is 4.79 Å². The molecule has 22 heavy (non-hydrogen) atoms. The number of hydrogen-bond donors (Lipinski definition) is 0. The Bertz CT molecular complexity index is 559. The van der Waals surface area contributed by atoms with Crippen molar-refractivity contribution < 1.29 is 4.79 Å². The highest BCUT2D eigenvalue weighted by Gasteiger charge is 2.54. The fourth-order valence-corrected chi connectivity index (χ4v) is 4.43. The summed E-state index contributed by atoms with van der Waals surface area (Å²) in [7, 11) is 0. The van der Waals surface area contributed by atoms with Crippen molar-refractivity contribution in [3.63, 3.8) is 0 Å². The molecule has 0 spiro atoms. The molecule has 1 saturated heterocycles. The molecule has 2 aliphatic rings. The van der Waals surface area contributed by atoms with E-state index in [9.17, 15) is 4.79 Å². The summed E-state index contributed by atoms with van der Waals surface area (Å²) in [5.41, 5.74) is 0.238. The number of pyridine rings is 1. The van der Waals surface area contributed by atoms with Crippen LogP contribution in [0.5, 0.6) is 0 Å². The van der Waals surface area contributed by atoms with Gasteiger partial charge in [0.25, 0.3) is 0 Å². The second-order valence-corrected chi connectivity index (χ2v) is 8.92. The number of nitrogens with zero attached hydrogens (tertiary/aromatic N) is 2. The van der Waals surface area contributed by atoms with E-state index in [1.807, 2.05) is 18.3 Å². The van der Waals surface area contributed by atoms with Crippen LogP contribution in [0.1, 0.15) is 47.5 Å². The topological polar surface area (TPSA) is 33.2 Å². The smallest absolute Gasteiger partial charge is 0.138 e. The standard InChI is InChI=1S/C19H28N2O/c1-18(2,3)13-12-21(16-8-6-7-9-20-16)14-10-19(4,5)11-15(22)17(13)14/h6-9,13-14,17H,10-12H2,1-5H3. The first-order valence-corrected chi connectivity index (χ1v) is 8.39. The Morgan fingerprint density at radius 3 is 2.59 bits per heavy atom. The fraction of sp³-hybridized carbons (Fsp3) is 0.684. The zero-order chi connectivity index (χ0) is 16.1. The van der Waals surface area contributed by atoms with Crippen molar-refractivity contribution in [1.29, 1.82) is 0 Å². The summed E-state index contributed by atoms with van der Waals surface area (Å²) in [6.45, 7) is 12.2. The van der Waals surface area contributed by atoms with Crippen molar-refractivity contribution in [2.24, 2.45) is 22.7 Å². The monoisotopic (exact) mass is 300 g/mol. The van der Waals surface area contributed by atoms with Crippen LogP contribution in [0, 0.1) is 22.7 Å². The summed E-state index contributed by atoms with van der Waals surface area (Å²) in [6.07, 6.45) is 3.65. The molecule has 3 atom stereocenters. The lowest BCUT2D eigenvalue weighted by Crippen LogP contribution is -2.46. The van der Waals surface area contributed by atoms with Crippen LogP contribution in [-0.4, -0.2) is 23.4 Å². The maximum Gasteiger partial charge on any atom is 0.138 e. The van der Waals surface area contributed by atoms with Crippen LogP contribution in [0.3, 0.4) is 0 Å². The van der Waals surface area contributed by atoms with Crippen LogP contribution >= 0.6 is 0 Å². The van der Waals surface area contributed by atoms with E-state index in [2.05, 4.69) is 50.6 Å². The third kappa shape index (κ3) is 2.66. The Kier molecular flexibility index (Phi) is 3.58. The Morgan fingerprint density at radius 2 is 2.00 bits per heavy atom. The number of ketones is 1. The molecule has 120 valence electrons. The van der Waals surface area contributed by atoms with Crippen molar-refractivity contribution in [2.75, 3.05) is 11.4 Å². The molecule has 3 nitrogen and oxygen atoms in total. The molecular formula is C19H28N2O. The lowest BCUT2D eigenvalue weighted by molar-refractivity contribution is -0.130. The van der Waals surface area contributed by atoms with Crippen molar-refractivity contribution >= 4 is 11.6 Å². The van der Waals surface area contributed by atoms with Crippen molar-refractivity contribution in [2.45, 2.75) is 53.5 Å². The first-order chi connectivity index (χ1) is 10.2. The van der Waals surface area contributed by atoms with Gasteiger partial charge < -0.3 is 4.90 Å². The molecule has 0 radical (unpaired) electrons. The minimum absolute atomic E-state index is 0.0953. The second kappa shape index (κ2) is 5.07. The van der Waals surface area contributed by atoms with Gasteiger partial charge in [0.2, 0.25) is 0 Å². The number of hydrogen-bond acceptors (Lipinski definition) is 3. The second-order valence-electron chi connectivity index (χ2n) is 8.92. The SMILES string of the molecule is CC1(C)CC(=O)C2C(C1)N(c1ccccn1)CC2C(C)(C)C. The number of carbonyl (C=O) groups excluding carboxylic acids is 1. The van der Waals surface area contributed by atoms with Gasteiger partial charge in [-0.1, -0.05) is 40.7 Å². The molecule has 3 heteroatoms. The highest BCUT2D eigenvalue weighted by Crippen LogP contribution is 2.50. The fourth-order valence-electron chi connectivity index (χ4n) is 4.43. The zero-order valence-electron chi connectivity index (χ0n) is 14.5. The molecule has 1 aliphatic heterocycles. The largest absolute Gasteiger partial charge is 0.353 e. The number of Topliss-reactive ketones (excluding diaryl/α,β-unsaturated/α-hetero) is 1. The summed E-state index contributed by atoms with van der Waals surface area (Å²) in [5.74, 6) is 2.05. The number of carbonyl (C=O) groups is 1. The first-order valence-electron chi connectivity index (χ1n) is 8.39. The molecule has 3 unspecified atom stereocenters. The summed E-state index contributed by atoms with van der Waals surface area (Å²) >= 11 is 0. The van der Waals surface area contributed by atoms with Gasteiger partial charge in [0.05, 0.1) is 0 Å². The number of fused-ring (bicyclic) bond motifs is 1. The Balaban J connectivity index is 2.00. The third-order valence-corrected chi connectivity index (χ3v) is 5.48. The quantitative estimate of drug-likeness (QED) is 0.787. The molecule has 0 amide bonds. The average Bonchev–Trinajstić information content (AvgIpc) is 2.77. The Labute approximate surface area is 134 Å². The molecule has 1 aromatic rings. The van der Waals surface area contributed by atoms with Gasteiger partial charge in [-0.25, -0.2) is 4.98 Å². The van der Waals surface area contributed by atoms with Gasteiger partial charge in [0, 0.05) is 31.1 Å². The highest BCUT2D eigenvalue weighted by molar-refractivity contribution is 5.85. The van der Waals surface area contributed by atoms with E-state index in [-0.39, 0.29) is 16.7 Å². The summed E-state index contributed by atoms with van der Waals surface area (Å²) in [5, 5.41) is 0. The van der Waals surface area contributed by atoms with E-state index in [4.69, 9.17) is 0 Å². The molecule has 0 aromatic carbocycles. The van der Waals surface area contributed by atoms with Crippen molar-refractivity contribution in [3.05, 3.63) is 24.4 Å². The molecule has 0 N–H and O–H groups in total. The predicted molar refractivity (Wildman–Crippen MR) is 89.8 cm³/mol. The van der Waals surface area contributed by atoms with Crippen LogP contribution < -0.4 is 4.90 Å². The number of anilines is 1. The van der Waals surface area contributed by atoms with Crippen LogP contribution in [0.2, 0.25) is 0 Å². The molecular weight excluding hydrogens is 272 g/mol. The van der Waals surface area contributed by atoms with E-state index in [0.29, 0.717) is 17.7 Å². The van der Waals surface area contributed by atoms with E-state index in [1.54, 1.807) is 0 Å². The van der Waals surface area contributed by atoms with Crippen LogP contribution in [0.25, 0.3) is 0 Å². The van der Waals surface area contributed by atoms with Gasteiger partial charge in [-0.15, -0.1) is 0 Å². The Morgan fingerprint density at radius 1 is 1.27 bits per heavy atom. The summed E-state index contributed by atoms with van der Waals surface area (Å²) in [6, 6.07) is 6.37. The van der Waals surface area contributed by atoms with Gasteiger partial charge in [0.15, 0.2) is 0 Å². The molecule has 2 fully saturated rings. The van der Waals surface area contributed by atoms with E-state index >= 15 is 0 Å². The number of rotatable bonds is 1. The molecule has 1 aromatic heterocycles. The van der Waals surface area contributed by atoms with Crippen LogP contribution in [0.15, 0.2) is 24.4 Å². The van der Waals surface area contributed by atoms with Gasteiger partial charge in [0.1, 0.15) is 11.6 Å². The summed E-state index contributed by atoms with van der Waals surface area (Å²) in [4.78, 5) is 19.8. The minimum Gasteiger partial charge on any atom is -0.353 e. The summed E-state index contributed by atoms with van der Waals surface area (Å²) < 4.78 is 0. The van der Waals surface area contributed by atoms with Crippen molar-refractivity contribution in [3.8, 4) is 0 Å². The van der Waals surface area contributed by atoms with Gasteiger partial charge in [-0.2, -0.15) is 0 Å². The first kappa shape index (κ1) is 15.5. The molecule has 1 saturated carbocycles. The molecule has 1 aliphatic carbocycles. The van der Waals surface area contributed by atoms with E-state index in [1.165, 1.54) is 0 Å². The normalized spacial score (nSPS) is 31.2. The van der Waals surface area contributed by atoms with Crippen molar-refractivity contribution in [1.82, 2.24) is 4.98 Å². The van der Waals surface area contributed by atoms with E-state index < -0.39 is 0 Å². The van der Waals surface area contributed by atoms with Gasteiger partial charge >= 0.3 is 0 Å². The zero-order valence-corrected chi connectivity index (χ0v) is 14.5. The molecule has 3 rings (SSSR count). The highest BCUT2D eigenvalue weighted by atomic mass is 16.1. The minimum atomic E-state index is 0.0953. The lowest BCUT2D eigenvalue weighted by Gasteiger charge is -2.41.